The maximum absolute atomic E-state index is 8.26. The average Bonchev–Trinajstić information content (AvgIpc) is 2.01. The largest absolute Gasteiger partial charge is 0.303 e. The average molecular weight is 204 g/mol. The van der Waals surface area contributed by atoms with Gasteiger partial charge in [-0.1, -0.05) is 27.7 Å². The Bertz CT molecular complexity index is 189. The molecule has 0 radical (unpaired) electrons. The summed E-state index contributed by atoms with van der Waals surface area (Å²) in [5.41, 5.74) is 0.508. The summed E-state index contributed by atoms with van der Waals surface area (Å²) in [6.45, 7) is 13.0. The molecule has 0 aromatic heterocycles. The SMILES string of the molecule is CCC(C)P(C)(=N)NC(C)C(C)C. The summed E-state index contributed by atoms with van der Waals surface area (Å²) in [6.07, 6.45) is 1.10. The van der Waals surface area contributed by atoms with Gasteiger partial charge in [0.05, 0.1) is 0 Å². The lowest BCUT2D eigenvalue weighted by atomic mass is 10.1. The molecule has 3 heteroatoms. The zero-order valence-electron chi connectivity index (χ0n) is 9.89. The summed E-state index contributed by atoms with van der Waals surface area (Å²) >= 11 is 0. The van der Waals surface area contributed by atoms with Crippen LogP contribution in [-0.2, 0) is 0 Å². The first-order chi connectivity index (χ1) is 5.81. The molecule has 0 aromatic carbocycles. The van der Waals surface area contributed by atoms with Crippen LogP contribution < -0.4 is 5.09 Å². The van der Waals surface area contributed by atoms with Gasteiger partial charge in [0.2, 0.25) is 0 Å². The third kappa shape index (κ3) is 4.28. The van der Waals surface area contributed by atoms with Crippen molar-refractivity contribution in [2.24, 2.45) is 5.92 Å². The van der Waals surface area contributed by atoms with Crippen molar-refractivity contribution in [3.63, 3.8) is 0 Å². The first-order valence-corrected chi connectivity index (χ1v) is 7.50. The van der Waals surface area contributed by atoms with E-state index in [4.69, 9.17) is 5.16 Å². The third-order valence-electron chi connectivity index (χ3n) is 2.94. The molecule has 0 amide bonds. The minimum absolute atomic E-state index is 0.463. The van der Waals surface area contributed by atoms with Crippen molar-refractivity contribution >= 4 is 7.21 Å². The number of hydrogen-bond donors (Lipinski definition) is 2. The van der Waals surface area contributed by atoms with Crippen molar-refractivity contribution < 1.29 is 0 Å². The van der Waals surface area contributed by atoms with Crippen LogP contribution in [0.5, 0.6) is 0 Å². The van der Waals surface area contributed by atoms with Crippen LogP contribution in [0.25, 0.3) is 0 Å². The molecule has 0 spiro atoms. The van der Waals surface area contributed by atoms with Gasteiger partial charge in [0.15, 0.2) is 0 Å². The van der Waals surface area contributed by atoms with Crippen LogP contribution in [0.3, 0.4) is 0 Å². The molecule has 0 aliphatic rings. The second-order valence-electron chi connectivity index (χ2n) is 4.49. The predicted molar refractivity (Wildman–Crippen MR) is 62.8 cm³/mol. The highest BCUT2D eigenvalue weighted by Gasteiger charge is 2.20. The summed E-state index contributed by atoms with van der Waals surface area (Å²) in [5.74, 6) is 0.619. The van der Waals surface area contributed by atoms with Gasteiger partial charge in [-0.2, -0.15) is 0 Å². The molecule has 3 unspecified atom stereocenters. The number of rotatable bonds is 5. The van der Waals surface area contributed by atoms with Crippen molar-refractivity contribution in [3.05, 3.63) is 0 Å². The Kier molecular flexibility index (Phi) is 5.24. The fraction of sp³-hybridized carbons (Fsp3) is 1.00. The van der Waals surface area contributed by atoms with E-state index in [-0.39, 0.29) is 0 Å². The molecule has 0 aliphatic carbocycles. The molecule has 0 fully saturated rings. The Morgan fingerprint density at radius 2 is 1.69 bits per heavy atom. The molecular weight excluding hydrogens is 179 g/mol. The Balaban J connectivity index is 4.25. The van der Waals surface area contributed by atoms with Crippen molar-refractivity contribution in [2.45, 2.75) is 52.7 Å². The quantitative estimate of drug-likeness (QED) is 0.657. The van der Waals surface area contributed by atoms with Crippen LogP contribution in [0.1, 0.15) is 41.0 Å². The summed E-state index contributed by atoms with van der Waals surface area (Å²) in [7, 11) is -1.64. The monoisotopic (exact) mass is 204 g/mol. The zero-order valence-corrected chi connectivity index (χ0v) is 10.8. The van der Waals surface area contributed by atoms with Gasteiger partial charge in [-0.3, -0.25) is 5.09 Å². The van der Waals surface area contributed by atoms with Gasteiger partial charge in [-0.25, -0.2) is 0 Å². The molecule has 0 aliphatic heterocycles. The molecule has 0 saturated carbocycles. The zero-order chi connectivity index (χ0) is 10.6. The fourth-order valence-electron chi connectivity index (χ4n) is 1.06. The second-order valence-corrected chi connectivity index (χ2v) is 7.79. The minimum Gasteiger partial charge on any atom is -0.303 e. The Morgan fingerprint density at radius 1 is 1.23 bits per heavy atom. The van der Waals surface area contributed by atoms with Gasteiger partial charge < -0.3 is 5.16 Å². The molecule has 0 rings (SSSR count). The molecule has 0 heterocycles. The van der Waals surface area contributed by atoms with Gasteiger partial charge in [-0.15, -0.1) is 0 Å². The maximum atomic E-state index is 8.26. The van der Waals surface area contributed by atoms with Crippen molar-refractivity contribution in [3.8, 4) is 0 Å². The predicted octanol–water partition coefficient (Wildman–Crippen LogP) is 3.74. The number of nitrogens with one attached hydrogen (secondary N) is 2. The lowest BCUT2D eigenvalue weighted by molar-refractivity contribution is 0.494. The maximum Gasteiger partial charge on any atom is 0.0261 e. The molecular formula is C10H25N2P. The Morgan fingerprint density at radius 3 is 2.00 bits per heavy atom. The van der Waals surface area contributed by atoms with Gasteiger partial charge in [0.25, 0.3) is 0 Å². The summed E-state index contributed by atoms with van der Waals surface area (Å²) in [4.78, 5) is 0. The third-order valence-corrected chi connectivity index (χ3v) is 6.02. The van der Waals surface area contributed by atoms with Crippen molar-refractivity contribution in [1.29, 1.82) is 5.16 Å². The van der Waals surface area contributed by atoms with E-state index in [9.17, 15) is 0 Å². The van der Waals surface area contributed by atoms with Gasteiger partial charge in [-0.05, 0) is 25.9 Å². The fourth-order valence-corrected chi connectivity index (χ4v) is 3.19. The van der Waals surface area contributed by atoms with Crippen LogP contribution >= 0.6 is 7.21 Å². The van der Waals surface area contributed by atoms with E-state index in [0.717, 1.165) is 6.42 Å². The van der Waals surface area contributed by atoms with Gasteiger partial charge in [0.1, 0.15) is 0 Å². The molecule has 13 heavy (non-hydrogen) atoms. The van der Waals surface area contributed by atoms with Crippen molar-refractivity contribution in [1.82, 2.24) is 5.09 Å². The van der Waals surface area contributed by atoms with E-state index in [1.165, 1.54) is 0 Å². The highest BCUT2D eigenvalue weighted by atomic mass is 31.2. The normalized spacial score (nSPS) is 21.2. The topological polar surface area (TPSA) is 35.9 Å². The first kappa shape index (κ1) is 13.2. The Hall–Kier alpha value is 0.190. The van der Waals surface area contributed by atoms with Crippen LogP contribution in [0.15, 0.2) is 0 Å². The van der Waals surface area contributed by atoms with E-state index < -0.39 is 7.21 Å². The van der Waals surface area contributed by atoms with E-state index in [1.807, 2.05) is 0 Å². The van der Waals surface area contributed by atoms with Crippen molar-refractivity contribution in [2.75, 3.05) is 6.66 Å². The van der Waals surface area contributed by atoms with E-state index in [1.54, 1.807) is 0 Å². The molecule has 0 aromatic rings. The highest BCUT2D eigenvalue weighted by Crippen LogP contribution is 2.45. The van der Waals surface area contributed by atoms with Crippen LogP contribution in [0, 0.1) is 11.1 Å². The second kappa shape index (κ2) is 5.17. The van der Waals surface area contributed by atoms with E-state index >= 15 is 0 Å². The molecule has 2 N–H and O–H groups in total. The number of hydrogen-bond acceptors (Lipinski definition) is 1. The van der Waals surface area contributed by atoms with Crippen LogP contribution in [0.2, 0.25) is 0 Å². The molecule has 80 valence electrons. The van der Waals surface area contributed by atoms with Gasteiger partial charge >= 0.3 is 0 Å². The summed E-state index contributed by atoms with van der Waals surface area (Å²) in [5, 5.41) is 11.7. The lowest BCUT2D eigenvalue weighted by Crippen LogP contribution is -2.30. The van der Waals surface area contributed by atoms with Gasteiger partial charge in [0, 0.05) is 18.9 Å². The minimum atomic E-state index is -1.64. The molecule has 0 saturated heterocycles. The standard InChI is InChI=1S/C10H25N2P/c1-7-9(4)13(6,11)12-10(5)8(2)3/h8-10H,7H2,1-6H3,(H2,11,12). The molecule has 3 atom stereocenters. The van der Waals surface area contributed by atoms with E-state index in [0.29, 0.717) is 17.6 Å². The summed E-state index contributed by atoms with van der Waals surface area (Å²) < 4.78 is 0. The van der Waals surface area contributed by atoms with E-state index in [2.05, 4.69) is 46.4 Å². The molecule has 0 bridgehead atoms. The lowest BCUT2D eigenvalue weighted by Gasteiger charge is -2.30. The smallest absolute Gasteiger partial charge is 0.0261 e. The molecule has 2 nitrogen and oxygen atoms in total. The van der Waals surface area contributed by atoms with Crippen LogP contribution in [-0.4, -0.2) is 18.4 Å². The van der Waals surface area contributed by atoms with Crippen LogP contribution in [0.4, 0.5) is 0 Å². The Labute approximate surface area is 83.4 Å². The summed E-state index contributed by atoms with van der Waals surface area (Å²) in [6, 6.07) is 0.463. The highest BCUT2D eigenvalue weighted by molar-refractivity contribution is 7.63. The first-order valence-electron chi connectivity index (χ1n) is 5.20.